The largest absolute Gasteiger partial charge is 0.362 e. The lowest BCUT2D eigenvalue weighted by Gasteiger charge is -2.28. The highest BCUT2D eigenvalue weighted by Crippen LogP contribution is 2.33. The van der Waals surface area contributed by atoms with Crippen LogP contribution in [0, 0.1) is 0 Å². The van der Waals surface area contributed by atoms with Gasteiger partial charge in [-0.1, -0.05) is 117 Å². The number of benzene rings is 2. The molecule has 0 saturated heterocycles. The Labute approximate surface area is 176 Å². The van der Waals surface area contributed by atoms with E-state index in [2.05, 4.69) is 98.2 Å². The molecule has 0 spiro atoms. The van der Waals surface area contributed by atoms with Crippen molar-refractivity contribution in [2.75, 3.05) is 0 Å². The van der Waals surface area contributed by atoms with Crippen molar-refractivity contribution in [2.24, 2.45) is 0 Å². The Kier molecular flexibility index (Phi) is 9.24. The van der Waals surface area contributed by atoms with Gasteiger partial charge in [0.1, 0.15) is 0 Å². The average molecular weight is 382 g/mol. The Bertz CT molecular complexity index is 869. The molecule has 148 valence electrons. The summed E-state index contributed by atoms with van der Waals surface area (Å²) in [6.45, 7) is 9.92. The van der Waals surface area contributed by atoms with E-state index in [0.29, 0.717) is 0 Å². The maximum absolute atomic E-state index is 3.94. The first-order chi connectivity index (χ1) is 14.2. The fraction of sp³-hybridized carbons (Fsp3) is 0.143. The Hall–Kier alpha value is -3.32. The standard InChI is InChI=1S/C28H31N/c1-4-6-7-14-24-29-27(5-2)21-23-28(3,26-19-12-9-13-20-26)22-15-18-25-16-10-8-11-17-25/h4-21,24,29H,1-2,22-23H2,3H3/b7-6-,18-15+,24-14+,27-21+. The molecule has 0 aliphatic rings. The van der Waals surface area contributed by atoms with E-state index in [1.165, 1.54) is 11.1 Å². The van der Waals surface area contributed by atoms with Crippen LogP contribution in [0.4, 0.5) is 0 Å². The summed E-state index contributed by atoms with van der Waals surface area (Å²) in [5.74, 6) is 0. The fourth-order valence-corrected chi connectivity index (χ4v) is 3.06. The molecule has 0 bridgehead atoms. The zero-order valence-corrected chi connectivity index (χ0v) is 17.3. The van der Waals surface area contributed by atoms with Crippen LogP contribution in [0.2, 0.25) is 0 Å². The molecule has 1 atom stereocenters. The third-order valence-corrected chi connectivity index (χ3v) is 4.85. The molecule has 1 heteroatoms. The highest BCUT2D eigenvalue weighted by Gasteiger charge is 2.24. The van der Waals surface area contributed by atoms with E-state index in [1.807, 2.05) is 36.6 Å². The summed E-state index contributed by atoms with van der Waals surface area (Å²) in [6.07, 6.45) is 19.8. The zero-order chi connectivity index (χ0) is 20.8. The van der Waals surface area contributed by atoms with Gasteiger partial charge in [-0.2, -0.15) is 0 Å². The Morgan fingerprint density at radius 1 is 0.897 bits per heavy atom. The normalized spacial score (nSPS) is 14.3. The summed E-state index contributed by atoms with van der Waals surface area (Å²) >= 11 is 0. The Morgan fingerprint density at radius 3 is 2.24 bits per heavy atom. The molecule has 0 fully saturated rings. The summed E-state index contributed by atoms with van der Waals surface area (Å²) < 4.78 is 0. The molecule has 1 unspecified atom stereocenters. The van der Waals surface area contributed by atoms with Crippen molar-refractivity contribution in [3.63, 3.8) is 0 Å². The van der Waals surface area contributed by atoms with Crippen molar-refractivity contribution >= 4 is 6.08 Å². The summed E-state index contributed by atoms with van der Waals surface area (Å²) in [5.41, 5.74) is 3.56. The van der Waals surface area contributed by atoms with Crippen molar-refractivity contribution in [3.8, 4) is 0 Å². The smallest absolute Gasteiger partial charge is 0.0333 e. The topological polar surface area (TPSA) is 12.0 Å². The summed E-state index contributed by atoms with van der Waals surface area (Å²) in [6, 6.07) is 21.2. The van der Waals surface area contributed by atoms with Crippen molar-refractivity contribution in [1.82, 2.24) is 5.32 Å². The molecule has 0 aromatic heterocycles. The molecule has 29 heavy (non-hydrogen) atoms. The first-order valence-corrected chi connectivity index (χ1v) is 9.98. The molecule has 1 nitrogen and oxygen atoms in total. The van der Waals surface area contributed by atoms with Gasteiger partial charge in [0.15, 0.2) is 0 Å². The van der Waals surface area contributed by atoms with Gasteiger partial charge in [-0.05, 0) is 41.5 Å². The minimum Gasteiger partial charge on any atom is -0.362 e. The number of hydrogen-bond donors (Lipinski definition) is 1. The highest BCUT2D eigenvalue weighted by molar-refractivity contribution is 5.49. The van der Waals surface area contributed by atoms with E-state index in [1.54, 1.807) is 6.08 Å². The van der Waals surface area contributed by atoms with Crippen LogP contribution in [0.5, 0.6) is 0 Å². The first-order valence-electron chi connectivity index (χ1n) is 9.98. The van der Waals surface area contributed by atoms with E-state index in [4.69, 9.17) is 0 Å². The molecule has 1 N–H and O–H groups in total. The van der Waals surface area contributed by atoms with Crippen LogP contribution in [-0.4, -0.2) is 0 Å². The van der Waals surface area contributed by atoms with Crippen LogP contribution >= 0.6 is 0 Å². The molecular formula is C28H31N. The zero-order valence-electron chi connectivity index (χ0n) is 17.3. The van der Waals surface area contributed by atoms with Gasteiger partial charge in [0, 0.05) is 11.9 Å². The molecule has 0 aliphatic heterocycles. The maximum atomic E-state index is 3.94. The van der Waals surface area contributed by atoms with Crippen LogP contribution in [0.1, 0.15) is 30.9 Å². The van der Waals surface area contributed by atoms with Gasteiger partial charge in [0.2, 0.25) is 0 Å². The van der Waals surface area contributed by atoms with Gasteiger partial charge in [-0.3, -0.25) is 0 Å². The predicted molar refractivity (Wildman–Crippen MR) is 128 cm³/mol. The van der Waals surface area contributed by atoms with Crippen LogP contribution in [0.25, 0.3) is 6.08 Å². The summed E-state index contributed by atoms with van der Waals surface area (Å²) in [5, 5.41) is 3.29. The number of allylic oxidation sites excluding steroid dienone is 7. The third-order valence-electron chi connectivity index (χ3n) is 4.85. The molecule has 0 heterocycles. The fourth-order valence-electron chi connectivity index (χ4n) is 3.06. The lowest BCUT2D eigenvalue weighted by Crippen LogP contribution is -2.21. The van der Waals surface area contributed by atoms with E-state index in [9.17, 15) is 0 Å². The molecule has 0 radical (unpaired) electrons. The predicted octanol–water partition coefficient (Wildman–Crippen LogP) is 7.35. The number of nitrogens with one attached hydrogen (secondary N) is 1. The number of rotatable bonds is 11. The van der Waals surface area contributed by atoms with Crippen molar-refractivity contribution in [2.45, 2.75) is 25.2 Å². The van der Waals surface area contributed by atoms with Crippen LogP contribution < -0.4 is 5.32 Å². The van der Waals surface area contributed by atoms with Crippen LogP contribution in [0.15, 0.2) is 128 Å². The molecular weight excluding hydrogens is 350 g/mol. The van der Waals surface area contributed by atoms with Crippen molar-refractivity contribution < 1.29 is 0 Å². The highest BCUT2D eigenvalue weighted by atomic mass is 14.8. The average Bonchev–Trinajstić information content (AvgIpc) is 2.77. The minimum atomic E-state index is -0.00502. The molecule has 0 amide bonds. The van der Waals surface area contributed by atoms with Gasteiger partial charge < -0.3 is 5.32 Å². The maximum Gasteiger partial charge on any atom is 0.0333 e. The van der Waals surface area contributed by atoms with Crippen molar-refractivity contribution in [1.29, 1.82) is 0 Å². The van der Waals surface area contributed by atoms with Gasteiger partial charge in [0.25, 0.3) is 0 Å². The first kappa shape index (κ1) is 22.0. The summed E-state index contributed by atoms with van der Waals surface area (Å²) in [7, 11) is 0. The second-order valence-electron chi connectivity index (χ2n) is 7.14. The van der Waals surface area contributed by atoms with E-state index in [0.717, 1.165) is 18.5 Å². The summed E-state index contributed by atoms with van der Waals surface area (Å²) in [4.78, 5) is 0. The lowest BCUT2D eigenvalue weighted by atomic mass is 9.76. The van der Waals surface area contributed by atoms with Crippen molar-refractivity contribution in [3.05, 3.63) is 139 Å². The Morgan fingerprint density at radius 2 is 1.59 bits per heavy atom. The SMILES string of the molecule is C=C/C=C\C=C\N/C(C=C)=C/CC(C)(C/C=C/c1ccccc1)c1ccccc1. The van der Waals surface area contributed by atoms with Crippen LogP contribution in [0.3, 0.4) is 0 Å². The Balaban J connectivity index is 2.15. The molecule has 2 rings (SSSR count). The van der Waals surface area contributed by atoms with E-state index < -0.39 is 0 Å². The van der Waals surface area contributed by atoms with Gasteiger partial charge >= 0.3 is 0 Å². The van der Waals surface area contributed by atoms with Gasteiger partial charge in [0.05, 0.1) is 0 Å². The van der Waals surface area contributed by atoms with E-state index in [-0.39, 0.29) is 5.41 Å². The van der Waals surface area contributed by atoms with Crippen LogP contribution in [-0.2, 0) is 5.41 Å². The molecule has 2 aromatic rings. The third kappa shape index (κ3) is 7.67. The van der Waals surface area contributed by atoms with Gasteiger partial charge in [-0.25, -0.2) is 0 Å². The molecule has 2 aromatic carbocycles. The molecule has 0 saturated carbocycles. The van der Waals surface area contributed by atoms with E-state index >= 15 is 0 Å². The minimum absolute atomic E-state index is 0.00502. The monoisotopic (exact) mass is 381 g/mol. The lowest BCUT2D eigenvalue weighted by molar-refractivity contribution is 0.484. The van der Waals surface area contributed by atoms with Gasteiger partial charge in [-0.15, -0.1) is 0 Å². The second-order valence-corrected chi connectivity index (χ2v) is 7.14. The second kappa shape index (κ2) is 12.2. The quantitative estimate of drug-likeness (QED) is 0.401. The number of hydrogen-bond acceptors (Lipinski definition) is 1. The molecule has 0 aliphatic carbocycles.